The Morgan fingerprint density at radius 1 is 1.15 bits per heavy atom. The van der Waals surface area contributed by atoms with E-state index in [1.807, 2.05) is 18.2 Å². The number of benzene rings is 2. The molecule has 2 aliphatic carbocycles. The standard InChI is InChI=1S/C22H23NO3/c1-26-15-5-2-4-14(11-15)20-19-13-9-8-12(10-13)18(19)16-6-3-7-17(22(24)25)21(16)23-20/h2-7,11-13,18-20,23H,8-10H2,1H3,(H,24,25). The number of para-hydroxylation sites is 1. The highest BCUT2D eigenvalue weighted by atomic mass is 16.5. The largest absolute Gasteiger partial charge is 0.497 e. The number of methoxy groups -OCH3 is 1. The summed E-state index contributed by atoms with van der Waals surface area (Å²) in [6.45, 7) is 0. The van der Waals surface area contributed by atoms with Gasteiger partial charge in [0.25, 0.3) is 0 Å². The predicted octanol–water partition coefficient (Wildman–Crippen LogP) is 4.69. The van der Waals surface area contributed by atoms with Gasteiger partial charge >= 0.3 is 5.97 Å². The van der Waals surface area contributed by atoms with Crippen LogP contribution in [0.1, 0.15) is 52.7 Å². The number of hydrogen-bond acceptors (Lipinski definition) is 3. The molecule has 5 unspecified atom stereocenters. The Kier molecular flexibility index (Phi) is 3.49. The number of carbonyl (C=O) groups is 1. The van der Waals surface area contributed by atoms with Gasteiger partial charge in [-0.2, -0.15) is 0 Å². The third-order valence-corrected chi connectivity index (χ3v) is 6.80. The van der Waals surface area contributed by atoms with Crippen LogP contribution in [0.5, 0.6) is 5.75 Å². The third-order valence-electron chi connectivity index (χ3n) is 6.80. The Labute approximate surface area is 153 Å². The van der Waals surface area contributed by atoms with Gasteiger partial charge in [-0.3, -0.25) is 0 Å². The van der Waals surface area contributed by atoms with Crippen LogP contribution in [0.4, 0.5) is 5.69 Å². The van der Waals surface area contributed by atoms with Crippen molar-refractivity contribution in [2.45, 2.75) is 31.2 Å². The molecule has 3 aliphatic rings. The van der Waals surface area contributed by atoms with Crippen LogP contribution in [0.3, 0.4) is 0 Å². The van der Waals surface area contributed by atoms with Crippen LogP contribution in [-0.4, -0.2) is 18.2 Å². The van der Waals surface area contributed by atoms with Gasteiger partial charge in [0.2, 0.25) is 0 Å². The van der Waals surface area contributed by atoms with Crippen LogP contribution in [0.15, 0.2) is 42.5 Å². The van der Waals surface area contributed by atoms with E-state index >= 15 is 0 Å². The number of carboxylic acid groups (broad SMARTS) is 1. The first kappa shape index (κ1) is 15.7. The number of fused-ring (bicyclic) bond motifs is 7. The smallest absolute Gasteiger partial charge is 0.337 e. The molecule has 0 amide bonds. The SMILES string of the molecule is COc1cccc(C2Nc3c(C(=O)O)cccc3C3C4CCC(C4)C23)c1. The predicted molar refractivity (Wildman–Crippen MR) is 99.8 cm³/mol. The van der Waals surface area contributed by atoms with E-state index < -0.39 is 5.97 Å². The molecule has 5 atom stereocenters. The molecule has 4 nitrogen and oxygen atoms in total. The zero-order valence-corrected chi connectivity index (χ0v) is 14.8. The molecule has 2 aromatic carbocycles. The Hall–Kier alpha value is -2.49. The van der Waals surface area contributed by atoms with Gasteiger partial charge in [0.15, 0.2) is 0 Å². The monoisotopic (exact) mass is 349 g/mol. The fourth-order valence-electron chi connectivity index (χ4n) is 5.86. The first-order chi connectivity index (χ1) is 12.7. The zero-order valence-electron chi connectivity index (χ0n) is 14.8. The summed E-state index contributed by atoms with van der Waals surface area (Å²) in [6.07, 6.45) is 3.84. The Balaban J connectivity index is 1.66. The molecule has 2 saturated carbocycles. The molecule has 2 aromatic rings. The quantitative estimate of drug-likeness (QED) is 0.844. The van der Waals surface area contributed by atoms with Crippen LogP contribution >= 0.6 is 0 Å². The number of nitrogens with one attached hydrogen (secondary N) is 1. The molecule has 2 fully saturated rings. The molecule has 134 valence electrons. The summed E-state index contributed by atoms with van der Waals surface area (Å²) in [4.78, 5) is 11.8. The van der Waals surface area contributed by atoms with Crippen LogP contribution in [0.25, 0.3) is 0 Å². The van der Waals surface area contributed by atoms with Crippen molar-refractivity contribution in [2.75, 3.05) is 12.4 Å². The normalized spacial score (nSPS) is 31.0. The lowest BCUT2D eigenvalue weighted by Gasteiger charge is -2.44. The molecule has 2 bridgehead atoms. The van der Waals surface area contributed by atoms with E-state index in [1.54, 1.807) is 13.2 Å². The minimum Gasteiger partial charge on any atom is -0.497 e. The number of anilines is 1. The van der Waals surface area contributed by atoms with Gasteiger partial charge in [-0.15, -0.1) is 0 Å². The number of carboxylic acids is 1. The van der Waals surface area contributed by atoms with Crippen LogP contribution in [-0.2, 0) is 0 Å². The van der Waals surface area contributed by atoms with E-state index in [0.717, 1.165) is 17.4 Å². The number of ether oxygens (including phenoxy) is 1. The zero-order chi connectivity index (χ0) is 17.8. The Bertz CT molecular complexity index is 877. The van der Waals surface area contributed by atoms with Gasteiger partial charge in [-0.05, 0) is 72.3 Å². The van der Waals surface area contributed by atoms with Crippen molar-refractivity contribution in [1.82, 2.24) is 0 Å². The highest BCUT2D eigenvalue weighted by Crippen LogP contribution is 2.64. The number of rotatable bonds is 3. The summed E-state index contributed by atoms with van der Waals surface area (Å²) in [6, 6.07) is 14.1. The van der Waals surface area contributed by atoms with Crippen molar-refractivity contribution in [2.24, 2.45) is 17.8 Å². The maximum atomic E-state index is 11.8. The minimum atomic E-state index is -0.861. The van der Waals surface area contributed by atoms with Gasteiger partial charge in [0, 0.05) is 0 Å². The molecule has 1 aliphatic heterocycles. The lowest BCUT2D eigenvalue weighted by molar-refractivity contribution is 0.0697. The Morgan fingerprint density at radius 2 is 1.96 bits per heavy atom. The molecular formula is C22H23NO3. The first-order valence-electron chi connectivity index (χ1n) is 9.44. The summed E-state index contributed by atoms with van der Waals surface area (Å²) in [5.41, 5.74) is 3.61. The van der Waals surface area contributed by atoms with Gasteiger partial charge in [0.1, 0.15) is 5.75 Å². The average Bonchev–Trinajstić information content (AvgIpc) is 3.29. The van der Waals surface area contributed by atoms with Gasteiger partial charge in [-0.25, -0.2) is 4.79 Å². The summed E-state index contributed by atoms with van der Waals surface area (Å²) in [5.74, 6) is 2.37. The molecule has 4 heteroatoms. The van der Waals surface area contributed by atoms with Crippen LogP contribution < -0.4 is 10.1 Å². The van der Waals surface area contributed by atoms with Gasteiger partial charge < -0.3 is 15.2 Å². The van der Waals surface area contributed by atoms with Gasteiger partial charge in [0.05, 0.1) is 24.4 Å². The van der Waals surface area contributed by atoms with Crippen molar-refractivity contribution in [3.63, 3.8) is 0 Å². The highest BCUT2D eigenvalue weighted by molar-refractivity contribution is 5.95. The second-order valence-corrected chi connectivity index (χ2v) is 7.91. The van der Waals surface area contributed by atoms with Gasteiger partial charge in [-0.1, -0.05) is 24.3 Å². The molecule has 0 aromatic heterocycles. The van der Waals surface area contributed by atoms with Crippen molar-refractivity contribution < 1.29 is 14.6 Å². The molecule has 5 rings (SSSR count). The van der Waals surface area contributed by atoms with E-state index in [4.69, 9.17) is 4.74 Å². The fraction of sp³-hybridized carbons (Fsp3) is 0.409. The van der Waals surface area contributed by atoms with Crippen LogP contribution in [0, 0.1) is 17.8 Å². The van der Waals surface area contributed by atoms with E-state index in [0.29, 0.717) is 23.3 Å². The number of aromatic carboxylic acids is 1. The topological polar surface area (TPSA) is 58.6 Å². The molecule has 2 N–H and O–H groups in total. The third kappa shape index (κ3) is 2.17. The second kappa shape index (κ2) is 5.76. The van der Waals surface area contributed by atoms with Crippen molar-refractivity contribution in [3.05, 3.63) is 59.2 Å². The van der Waals surface area contributed by atoms with E-state index in [9.17, 15) is 9.90 Å². The summed E-state index contributed by atoms with van der Waals surface area (Å²) in [7, 11) is 1.69. The summed E-state index contributed by atoms with van der Waals surface area (Å²) in [5, 5.41) is 13.3. The molecule has 26 heavy (non-hydrogen) atoms. The second-order valence-electron chi connectivity index (χ2n) is 7.91. The summed E-state index contributed by atoms with van der Waals surface area (Å²) >= 11 is 0. The number of hydrogen-bond donors (Lipinski definition) is 2. The highest BCUT2D eigenvalue weighted by Gasteiger charge is 2.54. The van der Waals surface area contributed by atoms with Crippen LogP contribution in [0.2, 0.25) is 0 Å². The molecule has 0 saturated heterocycles. The maximum Gasteiger partial charge on any atom is 0.337 e. The molecule has 1 heterocycles. The minimum absolute atomic E-state index is 0.137. The van der Waals surface area contributed by atoms with Crippen molar-refractivity contribution in [3.8, 4) is 5.75 Å². The first-order valence-corrected chi connectivity index (χ1v) is 9.44. The van der Waals surface area contributed by atoms with E-state index in [2.05, 4.69) is 23.5 Å². The van der Waals surface area contributed by atoms with E-state index in [-0.39, 0.29) is 6.04 Å². The Morgan fingerprint density at radius 3 is 2.77 bits per heavy atom. The van der Waals surface area contributed by atoms with Crippen molar-refractivity contribution >= 4 is 11.7 Å². The lowest BCUT2D eigenvalue weighted by Crippen LogP contribution is -2.36. The molecule has 0 spiro atoms. The van der Waals surface area contributed by atoms with Crippen molar-refractivity contribution in [1.29, 1.82) is 0 Å². The average molecular weight is 349 g/mol. The molecule has 0 radical (unpaired) electrons. The fourth-order valence-corrected chi connectivity index (χ4v) is 5.86. The maximum absolute atomic E-state index is 11.8. The molecular weight excluding hydrogens is 326 g/mol. The lowest BCUT2D eigenvalue weighted by atomic mass is 9.67. The summed E-state index contributed by atoms with van der Waals surface area (Å²) < 4.78 is 5.43. The van der Waals surface area contributed by atoms with E-state index in [1.165, 1.54) is 30.4 Å².